The standard InChI is InChI=1S/C28H30N8O2/c1-17(2)31-26-14-23(11-12-29-26)38-22-8-6-21(7-9-22)32-28(37)33-25-16-36(18(3)4)35-27(25)19-5-10-24-20(13-19)15-30-34-24/h5-18H,1-4H3,(H,29,31)(H,30,34)(H2,32,33,37). The number of H-pyrrole nitrogens is 1. The van der Waals surface area contributed by atoms with E-state index >= 15 is 0 Å². The quantitative estimate of drug-likeness (QED) is 0.185. The van der Waals surface area contributed by atoms with Gasteiger partial charge in [0.2, 0.25) is 0 Å². The minimum Gasteiger partial charge on any atom is -0.457 e. The molecular formula is C28H30N8O2. The fourth-order valence-electron chi connectivity index (χ4n) is 3.93. The number of nitrogens with one attached hydrogen (secondary N) is 4. The van der Waals surface area contributed by atoms with Gasteiger partial charge >= 0.3 is 6.03 Å². The number of aromatic amines is 1. The molecule has 194 valence electrons. The van der Waals surface area contributed by atoms with Crippen molar-refractivity contribution >= 4 is 34.1 Å². The Labute approximate surface area is 220 Å². The maximum atomic E-state index is 12.9. The van der Waals surface area contributed by atoms with Crippen LogP contribution in [0.2, 0.25) is 0 Å². The minimum atomic E-state index is -0.369. The summed E-state index contributed by atoms with van der Waals surface area (Å²) in [6.07, 6.45) is 5.30. The van der Waals surface area contributed by atoms with Gasteiger partial charge in [-0.2, -0.15) is 10.2 Å². The van der Waals surface area contributed by atoms with Gasteiger partial charge in [0.15, 0.2) is 0 Å². The molecule has 10 heteroatoms. The molecule has 0 aliphatic rings. The van der Waals surface area contributed by atoms with E-state index in [2.05, 4.69) is 31.1 Å². The molecule has 0 saturated heterocycles. The first kappa shape index (κ1) is 24.8. The maximum absolute atomic E-state index is 12.9. The summed E-state index contributed by atoms with van der Waals surface area (Å²) in [7, 11) is 0. The highest BCUT2D eigenvalue weighted by molar-refractivity contribution is 6.02. The van der Waals surface area contributed by atoms with Crippen molar-refractivity contribution in [3.05, 3.63) is 73.2 Å². The summed E-state index contributed by atoms with van der Waals surface area (Å²) in [5, 5.41) is 21.8. The number of nitrogens with zero attached hydrogens (tertiary/aromatic N) is 4. The molecule has 10 nitrogen and oxygen atoms in total. The van der Waals surface area contributed by atoms with Gasteiger partial charge in [-0.1, -0.05) is 6.07 Å². The van der Waals surface area contributed by atoms with Crippen LogP contribution in [-0.2, 0) is 0 Å². The highest BCUT2D eigenvalue weighted by Gasteiger charge is 2.16. The molecule has 5 rings (SSSR count). The number of anilines is 3. The number of hydrogen-bond acceptors (Lipinski definition) is 6. The van der Waals surface area contributed by atoms with Crippen LogP contribution in [0.15, 0.2) is 73.2 Å². The van der Waals surface area contributed by atoms with E-state index in [1.165, 1.54) is 0 Å². The number of rotatable bonds is 8. The molecule has 0 atom stereocenters. The Balaban J connectivity index is 1.27. The third kappa shape index (κ3) is 5.75. The molecule has 0 aliphatic heterocycles. The molecule has 0 fully saturated rings. The smallest absolute Gasteiger partial charge is 0.323 e. The van der Waals surface area contributed by atoms with Gasteiger partial charge in [-0.25, -0.2) is 9.78 Å². The zero-order valence-electron chi connectivity index (χ0n) is 21.7. The lowest BCUT2D eigenvalue weighted by Crippen LogP contribution is -2.19. The van der Waals surface area contributed by atoms with Crippen LogP contribution in [0.3, 0.4) is 0 Å². The lowest BCUT2D eigenvalue weighted by Gasteiger charge is -2.11. The van der Waals surface area contributed by atoms with Gasteiger partial charge in [-0.3, -0.25) is 9.78 Å². The molecule has 0 bridgehead atoms. The van der Waals surface area contributed by atoms with Crippen LogP contribution in [0.5, 0.6) is 11.5 Å². The second-order valence-electron chi connectivity index (χ2n) is 9.52. The molecule has 4 N–H and O–H groups in total. The Morgan fingerprint density at radius 3 is 2.55 bits per heavy atom. The second-order valence-corrected chi connectivity index (χ2v) is 9.52. The van der Waals surface area contributed by atoms with E-state index in [9.17, 15) is 4.79 Å². The molecule has 2 amide bonds. The van der Waals surface area contributed by atoms with E-state index in [0.29, 0.717) is 28.6 Å². The molecule has 0 saturated carbocycles. The van der Waals surface area contributed by atoms with Crippen molar-refractivity contribution in [1.82, 2.24) is 25.0 Å². The van der Waals surface area contributed by atoms with E-state index in [0.717, 1.165) is 22.3 Å². The van der Waals surface area contributed by atoms with Gasteiger partial charge < -0.3 is 20.7 Å². The monoisotopic (exact) mass is 510 g/mol. The Morgan fingerprint density at radius 2 is 1.79 bits per heavy atom. The molecule has 3 aromatic heterocycles. The van der Waals surface area contributed by atoms with Gasteiger partial charge in [0.05, 0.1) is 17.4 Å². The topological polar surface area (TPSA) is 122 Å². The molecule has 5 aromatic rings. The number of ether oxygens (including phenoxy) is 1. The average Bonchev–Trinajstić information content (AvgIpc) is 3.52. The SMILES string of the molecule is CC(C)Nc1cc(Oc2ccc(NC(=O)Nc3cn(C(C)C)nc3-c3ccc4[nH]ncc4c3)cc2)ccn1. The zero-order chi connectivity index (χ0) is 26.6. The highest BCUT2D eigenvalue weighted by atomic mass is 16.5. The lowest BCUT2D eigenvalue weighted by molar-refractivity contribution is 0.262. The van der Waals surface area contributed by atoms with Crippen molar-refractivity contribution in [3.63, 3.8) is 0 Å². The van der Waals surface area contributed by atoms with Crippen molar-refractivity contribution in [3.8, 4) is 22.8 Å². The average molecular weight is 511 g/mol. The summed E-state index contributed by atoms with van der Waals surface area (Å²) < 4.78 is 7.78. The number of urea groups is 1. The predicted molar refractivity (Wildman–Crippen MR) is 150 cm³/mol. The number of carbonyl (C=O) groups is 1. The van der Waals surface area contributed by atoms with E-state index < -0.39 is 0 Å². The molecule has 3 heterocycles. The highest BCUT2D eigenvalue weighted by Crippen LogP contribution is 2.30. The van der Waals surface area contributed by atoms with Crippen LogP contribution in [-0.4, -0.2) is 37.0 Å². The summed E-state index contributed by atoms with van der Waals surface area (Å²) in [5.41, 5.74) is 3.75. The summed E-state index contributed by atoms with van der Waals surface area (Å²) >= 11 is 0. The van der Waals surface area contributed by atoms with Crippen LogP contribution < -0.4 is 20.7 Å². The largest absolute Gasteiger partial charge is 0.457 e. The van der Waals surface area contributed by atoms with E-state index in [-0.39, 0.29) is 18.1 Å². The number of amides is 2. The number of benzene rings is 2. The summed E-state index contributed by atoms with van der Waals surface area (Å²) in [6, 6.07) is 16.8. The number of hydrogen-bond donors (Lipinski definition) is 4. The van der Waals surface area contributed by atoms with Crippen molar-refractivity contribution in [2.45, 2.75) is 39.8 Å². The van der Waals surface area contributed by atoms with E-state index in [1.807, 2.05) is 62.8 Å². The number of aromatic nitrogens is 5. The summed E-state index contributed by atoms with van der Waals surface area (Å²) in [4.78, 5) is 17.2. The lowest BCUT2D eigenvalue weighted by atomic mass is 10.1. The molecule has 0 aliphatic carbocycles. The summed E-state index contributed by atoms with van der Waals surface area (Å²) in [5.74, 6) is 2.06. The number of carbonyl (C=O) groups excluding carboxylic acids is 1. The van der Waals surface area contributed by atoms with Crippen molar-refractivity contribution in [1.29, 1.82) is 0 Å². The summed E-state index contributed by atoms with van der Waals surface area (Å²) in [6.45, 7) is 8.18. The molecule has 0 radical (unpaired) electrons. The maximum Gasteiger partial charge on any atom is 0.323 e. The second kappa shape index (κ2) is 10.6. The van der Waals surface area contributed by atoms with E-state index in [1.54, 1.807) is 42.7 Å². The fourth-order valence-corrected chi connectivity index (χ4v) is 3.93. The van der Waals surface area contributed by atoms with Crippen LogP contribution in [0.25, 0.3) is 22.2 Å². The predicted octanol–water partition coefficient (Wildman–Crippen LogP) is 6.66. The first-order chi connectivity index (χ1) is 18.3. The normalized spacial score (nSPS) is 11.2. The molecular weight excluding hydrogens is 480 g/mol. The fraction of sp³-hybridized carbons (Fsp3) is 0.214. The Hall–Kier alpha value is -4.86. The van der Waals surface area contributed by atoms with Crippen molar-refractivity contribution in [2.75, 3.05) is 16.0 Å². The van der Waals surface area contributed by atoms with Gasteiger partial charge in [-0.05, 0) is 70.2 Å². The molecule has 2 aromatic carbocycles. The third-order valence-electron chi connectivity index (χ3n) is 5.74. The van der Waals surface area contributed by atoms with Crippen LogP contribution >= 0.6 is 0 Å². The minimum absolute atomic E-state index is 0.134. The van der Waals surface area contributed by atoms with Crippen LogP contribution in [0, 0.1) is 0 Å². The Kier molecular flexibility index (Phi) is 6.94. The van der Waals surface area contributed by atoms with Gasteiger partial charge in [0, 0.05) is 47.2 Å². The molecule has 38 heavy (non-hydrogen) atoms. The number of pyridine rings is 1. The van der Waals surface area contributed by atoms with E-state index in [4.69, 9.17) is 9.84 Å². The van der Waals surface area contributed by atoms with Crippen molar-refractivity contribution in [2.24, 2.45) is 0 Å². The van der Waals surface area contributed by atoms with Gasteiger partial charge in [0.25, 0.3) is 0 Å². The Morgan fingerprint density at radius 1 is 0.974 bits per heavy atom. The van der Waals surface area contributed by atoms with Crippen LogP contribution in [0.4, 0.5) is 22.0 Å². The van der Waals surface area contributed by atoms with Gasteiger partial charge in [0.1, 0.15) is 23.0 Å². The third-order valence-corrected chi connectivity index (χ3v) is 5.74. The molecule has 0 unspecified atom stereocenters. The Bertz CT molecular complexity index is 1550. The molecule has 0 spiro atoms. The number of fused-ring (bicyclic) bond motifs is 1. The first-order valence-corrected chi connectivity index (χ1v) is 12.5. The zero-order valence-corrected chi connectivity index (χ0v) is 21.7. The van der Waals surface area contributed by atoms with Gasteiger partial charge in [-0.15, -0.1) is 0 Å². The first-order valence-electron chi connectivity index (χ1n) is 12.5. The van der Waals surface area contributed by atoms with Crippen molar-refractivity contribution < 1.29 is 9.53 Å². The van der Waals surface area contributed by atoms with Crippen LogP contribution in [0.1, 0.15) is 33.7 Å².